The monoisotopic (exact) mass is 271 g/mol. The van der Waals surface area contributed by atoms with Crippen LogP contribution >= 0.6 is 0 Å². The molecule has 0 radical (unpaired) electrons. The van der Waals surface area contributed by atoms with E-state index in [1.54, 1.807) is 0 Å². The summed E-state index contributed by atoms with van der Waals surface area (Å²) in [5, 5.41) is 18.4. The predicted molar refractivity (Wildman–Crippen MR) is 59.4 cm³/mol. The molecule has 1 amide bonds. The van der Waals surface area contributed by atoms with Crippen LogP contribution in [0.2, 0.25) is 0 Å². The highest BCUT2D eigenvalue weighted by Gasteiger charge is 2.39. The van der Waals surface area contributed by atoms with Gasteiger partial charge < -0.3 is 15.1 Å². The zero-order valence-electron chi connectivity index (χ0n) is 9.72. The summed E-state index contributed by atoms with van der Waals surface area (Å²) in [5.74, 6) is -4.26. The van der Waals surface area contributed by atoms with E-state index < -0.39 is 35.7 Å². The van der Waals surface area contributed by atoms with Crippen molar-refractivity contribution in [1.29, 1.82) is 0 Å². The number of carbonyl (C=O) groups is 2. The highest BCUT2D eigenvalue weighted by Crippen LogP contribution is 2.21. The molecule has 0 aliphatic carbocycles. The van der Waals surface area contributed by atoms with Crippen molar-refractivity contribution >= 4 is 11.9 Å². The minimum absolute atomic E-state index is 0.0786. The first-order valence-corrected chi connectivity index (χ1v) is 5.57. The number of carboxylic acids is 1. The van der Waals surface area contributed by atoms with Crippen LogP contribution in [0.3, 0.4) is 0 Å². The number of nitrogens with zero attached hydrogens (tertiary/aromatic N) is 1. The van der Waals surface area contributed by atoms with Gasteiger partial charge in [-0.25, -0.2) is 13.6 Å². The molecule has 0 bridgehead atoms. The van der Waals surface area contributed by atoms with E-state index >= 15 is 0 Å². The average molecular weight is 271 g/mol. The second-order valence-electron chi connectivity index (χ2n) is 4.33. The number of hydrogen-bond acceptors (Lipinski definition) is 3. The van der Waals surface area contributed by atoms with Crippen molar-refractivity contribution in [2.75, 3.05) is 6.54 Å². The number of aliphatic hydroxyl groups is 1. The number of β-amino-alcohol motifs (C(OH)–C–C–N with tert-alkyl or cyclic N) is 1. The van der Waals surface area contributed by atoms with E-state index in [2.05, 4.69) is 0 Å². The van der Waals surface area contributed by atoms with Gasteiger partial charge in [-0.15, -0.1) is 0 Å². The van der Waals surface area contributed by atoms with Crippen molar-refractivity contribution in [2.24, 2.45) is 0 Å². The molecular formula is C12H11F2NO4. The van der Waals surface area contributed by atoms with E-state index in [9.17, 15) is 23.5 Å². The molecule has 102 valence electrons. The standard InChI is InChI=1S/C12H11F2NO4/c13-8-2-1-6(3-9(8)14)11(17)15-5-7(16)4-10(15)12(18)19/h1-3,7,10,16H,4-5H2,(H,18,19). The second kappa shape index (κ2) is 4.93. The van der Waals surface area contributed by atoms with Gasteiger partial charge in [-0.2, -0.15) is 0 Å². The predicted octanol–water partition coefficient (Wildman–Crippen LogP) is 0.625. The first-order chi connectivity index (χ1) is 8.90. The van der Waals surface area contributed by atoms with Gasteiger partial charge in [-0.05, 0) is 18.2 Å². The van der Waals surface area contributed by atoms with Gasteiger partial charge in [0, 0.05) is 18.5 Å². The maximum absolute atomic E-state index is 13.0. The Kier molecular flexibility index (Phi) is 3.48. The molecule has 1 aliphatic heterocycles. The lowest BCUT2D eigenvalue weighted by molar-refractivity contribution is -0.141. The molecule has 0 spiro atoms. The van der Waals surface area contributed by atoms with E-state index in [1.807, 2.05) is 0 Å². The second-order valence-corrected chi connectivity index (χ2v) is 4.33. The lowest BCUT2D eigenvalue weighted by Gasteiger charge is -2.21. The highest BCUT2D eigenvalue weighted by atomic mass is 19.2. The summed E-state index contributed by atoms with van der Waals surface area (Å²) in [6.07, 6.45) is -1.01. The van der Waals surface area contributed by atoms with E-state index in [0.29, 0.717) is 6.07 Å². The van der Waals surface area contributed by atoms with Crippen LogP contribution in [-0.4, -0.2) is 45.7 Å². The third-order valence-electron chi connectivity index (χ3n) is 2.99. The number of benzene rings is 1. The zero-order valence-corrected chi connectivity index (χ0v) is 9.72. The molecule has 1 aromatic rings. The Morgan fingerprint density at radius 3 is 2.53 bits per heavy atom. The lowest BCUT2D eigenvalue weighted by Crippen LogP contribution is -2.40. The largest absolute Gasteiger partial charge is 0.480 e. The molecule has 0 saturated carbocycles. The third-order valence-corrected chi connectivity index (χ3v) is 2.99. The summed E-state index contributed by atoms with van der Waals surface area (Å²) in [5.41, 5.74) is -0.153. The van der Waals surface area contributed by atoms with Gasteiger partial charge in [0.2, 0.25) is 0 Å². The van der Waals surface area contributed by atoms with Gasteiger partial charge in [0.15, 0.2) is 11.6 Å². The van der Waals surface area contributed by atoms with E-state index in [1.165, 1.54) is 0 Å². The minimum Gasteiger partial charge on any atom is -0.480 e. The molecule has 1 aliphatic rings. The smallest absolute Gasteiger partial charge is 0.326 e. The number of likely N-dealkylation sites (tertiary alicyclic amines) is 1. The summed E-state index contributed by atoms with van der Waals surface area (Å²) in [4.78, 5) is 24.0. The zero-order chi connectivity index (χ0) is 14.2. The molecule has 2 rings (SSSR count). The van der Waals surface area contributed by atoms with Crippen molar-refractivity contribution in [1.82, 2.24) is 4.90 Å². The van der Waals surface area contributed by atoms with Crippen LogP contribution in [0.1, 0.15) is 16.8 Å². The molecule has 7 heteroatoms. The van der Waals surface area contributed by atoms with Crippen LogP contribution in [-0.2, 0) is 4.79 Å². The first-order valence-electron chi connectivity index (χ1n) is 5.57. The van der Waals surface area contributed by atoms with Gasteiger partial charge in [0.25, 0.3) is 5.91 Å². The van der Waals surface area contributed by atoms with Crippen LogP contribution in [0.15, 0.2) is 18.2 Å². The molecule has 19 heavy (non-hydrogen) atoms. The topological polar surface area (TPSA) is 77.8 Å². The fourth-order valence-electron chi connectivity index (χ4n) is 2.07. The molecule has 2 atom stereocenters. The van der Waals surface area contributed by atoms with Crippen LogP contribution in [0.4, 0.5) is 8.78 Å². The highest BCUT2D eigenvalue weighted by molar-refractivity contribution is 5.97. The summed E-state index contributed by atoms with van der Waals surface area (Å²) in [7, 11) is 0. The van der Waals surface area contributed by atoms with Crippen molar-refractivity contribution in [3.63, 3.8) is 0 Å². The maximum atomic E-state index is 13.0. The van der Waals surface area contributed by atoms with Crippen molar-refractivity contribution < 1.29 is 28.6 Å². The van der Waals surface area contributed by atoms with E-state index in [4.69, 9.17) is 5.11 Å². The lowest BCUT2D eigenvalue weighted by atomic mass is 10.1. The number of amides is 1. The molecule has 1 aromatic carbocycles. The summed E-state index contributed by atoms with van der Waals surface area (Å²) >= 11 is 0. The molecule has 0 aromatic heterocycles. The van der Waals surface area contributed by atoms with Crippen molar-refractivity contribution in [3.05, 3.63) is 35.4 Å². The minimum atomic E-state index is -1.24. The number of carbonyl (C=O) groups excluding carboxylic acids is 1. The molecule has 5 nitrogen and oxygen atoms in total. The van der Waals surface area contributed by atoms with Gasteiger partial charge in [0.1, 0.15) is 6.04 Å². The fraction of sp³-hybridized carbons (Fsp3) is 0.333. The molecule has 2 unspecified atom stereocenters. The number of halogens is 2. The average Bonchev–Trinajstić information content (AvgIpc) is 2.74. The number of carboxylic acid groups (broad SMARTS) is 1. The molecule has 1 heterocycles. The number of rotatable bonds is 2. The molecule has 1 saturated heterocycles. The quantitative estimate of drug-likeness (QED) is 0.826. The number of aliphatic hydroxyl groups excluding tert-OH is 1. The van der Waals surface area contributed by atoms with Gasteiger partial charge >= 0.3 is 5.97 Å². The molecule has 1 fully saturated rings. The Morgan fingerprint density at radius 1 is 1.26 bits per heavy atom. The fourth-order valence-corrected chi connectivity index (χ4v) is 2.07. The summed E-state index contributed by atoms with van der Waals surface area (Å²) in [6.45, 7) is -0.144. The first kappa shape index (κ1) is 13.4. The van der Waals surface area contributed by atoms with Gasteiger partial charge in [-0.1, -0.05) is 0 Å². The van der Waals surface area contributed by atoms with Crippen LogP contribution in [0, 0.1) is 11.6 Å². The van der Waals surface area contributed by atoms with Crippen molar-refractivity contribution in [3.8, 4) is 0 Å². The Balaban J connectivity index is 2.27. The van der Waals surface area contributed by atoms with Crippen molar-refractivity contribution in [2.45, 2.75) is 18.6 Å². The molecular weight excluding hydrogens is 260 g/mol. The van der Waals surface area contributed by atoms with E-state index in [0.717, 1.165) is 17.0 Å². The van der Waals surface area contributed by atoms with Gasteiger partial charge in [-0.3, -0.25) is 4.79 Å². The summed E-state index contributed by atoms with van der Waals surface area (Å²) < 4.78 is 25.8. The van der Waals surface area contributed by atoms with Crippen LogP contribution < -0.4 is 0 Å². The molecule has 2 N–H and O–H groups in total. The Morgan fingerprint density at radius 2 is 1.95 bits per heavy atom. The SMILES string of the molecule is O=C(O)C1CC(O)CN1C(=O)c1ccc(F)c(F)c1. The van der Waals surface area contributed by atoms with Crippen LogP contribution in [0.25, 0.3) is 0 Å². The van der Waals surface area contributed by atoms with Gasteiger partial charge in [0.05, 0.1) is 6.10 Å². The third kappa shape index (κ3) is 2.55. The normalized spacial score (nSPS) is 22.6. The maximum Gasteiger partial charge on any atom is 0.326 e. The summed E-state index contributed by atoms with van der Waals surface area (Å²) in [6, 6.07) is 1.42. The Bertz CT molecular complexity index is 534. The van der Waals surface area contributed by atoms with Crippen LogP contribution in [0.5, 0.6) is 0 Å². The Hall–Kier alpha value is -2.02. The number of hydrogen-bond donors (Lipinski definition) is 2. The Labute approximate surface area is 107 Å². The number of aliphatic carboxylic acids is 1. The van der Waals surface area contributed by atoms with E-state index in [-0.39, 0.29) is 18.5 Å².